The Kier molecular flexibility index (Phi) is 4.52. The highest BCUT2D eigenvalue weighted by Crippen LogP contribution is 2.14. The van der Waals surface area contributed by atoms with E-state index in [0.29, 0.717) is 0 Å². The SMILES string of the molecule is CC(C)[CH2][AlH][CH]1CCCCO1. The third-order valence-corrected chi connectivity index (χ3v) is 5.12. The van der Waals surface area contributed by atoms with Gasteiger partial charge >= 0.3 is 0 Å². The second-order valence-corrected chi connectivity index (χ2v) is 6.03. The molecule has 1 unspecified atom stereocenters. The van der Waals surface area contributed by atoms with Crippen molar-refractivity contribution in [2.75, 3.05) is 6.61 Å². The van der Waals surface area contributed by atoms with Crippen LogP contribution in [-0.4, -0.2) is 26.8 Å². The molecule has 1 fully saturated rings. The molecule has 0 aliphatic carbocycles. The molecule has 1 aliphatic rings. The minimum absolute atomic E-state index is 0.0958. The lowest BCUT2D eigenvalue weighted by Gasteiger charge is -2.22. The highest BCUT2D eigenvalue weighted by atomic mass is 27.1. The summed E-state index contributed by atoms with van der Waals surface area (Å²) >= 11 is 0.0958. The molecule has 0 bridgehead atoms. The molecule has 0 aromatic heterocycles. The molecule has 1 atom stereocenters. The fourth-order valence-electron chi connectivity index (χ4n) is 1.55. The Labute approximate surface area is 76.2 Å². The molecule has 0 amide bonds. The van der Waals surface area contributed by atoms with Crippen molar-refractivity contribution in [3.63, 3.8) is 0 Å². The summed E-state index contributed by atoms with van der Waals surface area (Å²) in [5.41, 5.74) is 0. The van der Waals surface area contributed by atoms with Crippen molar-refractivity contribution in [1.82, 2.24) is 0 Å². The van der Waals surface area contributed by atoms with Crippen molar-refractivity contribution >= 4 is 15.2 Å². The Morgan fingerprint density at radius 2 is 2.27 bits per heavy atom. The highest BCUT2D eigenvalue weighted by Gasteiger charge is 2.15. The second kappa shape index (κ2) is 5.19. The van der Waals surface area contributed by atoms with Gasteiger partial charge in [-0.15, -0.1) is 0 Å². The van der Waals surface area contributed by atoms with E-state index in [1.54, 1.807) is 0 Å². The summed E-state index contributed by atoms with van der Waals surface area (Å²) in [6, 6.07) is 0. The van der Waals surface area contributed by atoms with E-state index in [-0.39, 0.29) is 15.2 Å². The molecule has 0 aromatic carbocycles. The average molecular weight is 170 g/mol. The third-order valence-electron chi connectivity index (χ3n) is 2.34. The summed E-state index contributed by atoms with van der Waals surface area (Å²) in [7, 11) is 0. The van der Waals surface area contributed by atoms with Crippen molar-refractivity contribution < 1.29 is 4.74 Å². The normalized spacial score (nSPS) is 25.5. The van der Waals surface area contributed by atoms with Gasteiger partial charge in [-0.25, -0.2) is 0 Å². The molecule has 1 heterocycles. The summed E-state index contributed by atoms with van der Waals surface area (Å²) < 4.78 is 5.69. The maximum absolute atomic E-state index is 5.69. The van der Waals surface area contributed by atoms with Crippen LogP contribution in [0.15, 0.2) is 0 Å². The monoisotopic (exact) mass is 170 g/mol. The van der Waals surface area contributed by atoms with E-state index in [4.69, 9.17) is 4.74 Å². The van der Waals surface area contributed by atoms with Crippen molar-refractivity contribution in [2.24, 2.45) is 5.92 Å². The molecule has 0 aromatic rings. The molecule has 0 N–H and O–H groups in total. The molecule has 64 valence electrons. The zero-order chi connectivity index (χ0) is 8.10. The first-order valence-corrected chi connectivity index (χ1v) is 6.72. The topological polar surface area (TPSA) is 9.23 Å². The Morgan fingerprint density at radius 1 is 1.45 bits per heavy atom. The lowest BCUT2D eigenvalue weighted by molar-refractivity contribution is 0.0648. The Morgan fingerprint density at radius 3 is 2.82 bits per heavy atom. The van der Waals surface area contributed by atoms with Crippen LogP contribution in [0.25, 0.3) is 0 Å². The van der Waals surface area contributed by atoms with Crippen molar-refractivity contribution in [3.05, 3.63) is 0 Å². The first-order valence-electron chi connectivity index (χ1n) is 4.90. The van der Waals surface area contributed by atoms with Gasteiger partial charge in [0.15, 0.2) is 0 Å². The van der Waals surface area contributed by atoms with E-state index in [2.05, 4.69) is 13.8 Å². The molecular formula is C9H19AlO. The van der Waals surface area contributed by atoms with Crippen LogP contribution in [0.4, 0.5) is 0 Å². The number of hydrogen-bond acceptors (Lipinski definition) is 1. The summed E-state index contributed by atoms with van der Waals surface area (Å²) in [5.74, 6) is 0.896. The number of rotatable bonds is 3. The van der Waals surface area contributed by atoms with Crippen molar-refractivity contribution in [2.45, 2.75) is 43.4 Å². The van der Waals surface area contributed by atoms with Gasteiger partial charge < -0.3 is 4.74 Å². The molecule has 1 nitrogen and oxygen atoms in total. The fourth-order valence-corrected chi connectivity index (χ4v) is 3.50. The fraction of sp³-hybridized carbons (Fsp3) is 1.00. The zero-order valence-electron chi connectivity index (χ0n) is 7.81. The Bertz CT molecular complexity index is 97.7. The smallest absolute Gasteiger partial charge is 0.282 e. The van der Waals surface area contributed by atoms with E-state index in [0.717, 1.165) is 17.5 Å². The van der Waals surface area contributed by atoms with E-state index < -0.39 is 0 Å². The van der Waals surface area contributed by atoms with E-state index in [9.17, 15) is 0 Å². The largest absolute Gasteiger partial charge is 0.394 e. The van der Waals surface area contributed by atoms with Crippen molar-refractivity contribution in [1.29, 1.82) is 0 Å². The molecule has 0 saturated carbocycles. The number of ether oxygens (including phenoxy) is 1. The van der Waals surface area contributed by atoms with Gasteiger partial charge in [-0.1, -0.05) is 25.0 Å². The van der Waals surface area contributed by atoms with Crippen LogP contribution in [0, 0.1) is 5.92 Å². The molecular weight excluding hydrogens is 151 g/mol. The molecule has 11 heavy (non-hydrogen) atoms. The van der Waals surface area contributed by atoms with E-state index in [1.165, 1.54) is 24.5 Å². The third kappa shape index (κ3) is 4.16. The average Bonchev–Trinajstić information content (AvgIpc) is 2.03. The van der Waals surface area contributed by atoms with Gasteiger partial charge in [0, 0.05) is 11.6 Å². The minimum atomic E-state index is 0.0958. The van der Waals surface area contributed by atoms with Crippen LogP contribution in [0.5, 0.6) is 0 Å². The molecule has 1 aliphatic heterocycles. The Balaban J connectivity index is 2.05. The lowest BCUT2D eigenvalue weighted by Crippen LogP contribution is -2.25. The minimum Gasteiger partial charge on any atom is -0.394 e. The highest BCUT2D eigenvalue weighted by molar-refractivity contribution is 6.37. The quantitative estimate of drug-likeness (QED) is 0.589. The van der Waals surface area contributed by atoms with Crippen molar-refractivity contribution in [3.8, 4) is 0 Å². The summed E-state index contributed by atoms with van der Waals surface area (Å²) in [4.78, 5) is 0.728. The van der Waals surface area contributed by atoms with Gasteiger partial charge in [0.1, 0.15) is 0 Å². The van der Waals surface area contributed by atoms with Gasteiger partial charge in [0.25, 0.3) is 15.2 Å². The van der Waals surface area contributed by atoms with E-state index in [1.807, 2.05) is 0 Å². The summed E-state index contributed by atoms with van der Waals surface area (Å²) in [6.07, 6.45) is 4.07. The van der Waals surface area contributed by atoms with Crippen LogP contribution in [0.2, 0.25) is 5.28 Å². The predicted octanol–water partition coefficient (Wildman–Crippen LogP) is 2.02. The summed E-state index contributed by atoms with van der Waals surface area (Å²) in [5, 5.41) is 1.46. The van der Waals surface area contributed by atoms with Gasteiger partial charge in [-0.05, 0) is 19.3 Å². The van der Waals surface area contributed by atoms with Crippen LogP contribution in [0.1, 0.15) is 33.1 Å². The van der Waals surface area contributed by atoms with Gasteiger partial charge in [0.2, 0.25) is 0 Å². The van der Waals surface area contributed by atoms with Crippen LogP contribution < -0.4 is 0 Å². The molecule has 1 rings (SSSR count). The van der Waals surface area contributed by atoms with E-state index >= 15 is 0 Å². The van der Waals surface area contributed by atoms with Gasteiger partial charge in [-0.2, -0.15) is 0 Å². The maximum atomic E-state index is 5.69. The second-order valence-electron chi connectivity index (χ2n) is 3.96. The van der Waals surface area contributed by atoms with Crippen LogP contribution in [0.3, 0.4) is 0 Å². The van der Waals surface area contributed by atoms with Gasteiger partial charge in [-0.3, -0.25) is 0 Å². The van der Waals surface area contributed by atoms with Crippen LogP contribution in [-0.2, 0) is 4.74 Å². The molecule has 0 radical (unpaired) electrons. The molecule has 2 heteroatoms. The Hall–Kier alpha value is 0.492. The lowest BCUT2D eigenvalue weighted by atomic mass is 10.2. The standard InChI is InChI=1S/C5H9O.C4H9.Al.H/c1-2-4-6-5-3-1;1-4(2)3;;/h4H,1-3,5H2;4H,1H2,2-3H3;;. The number of hydrogen-bond donors (Lipinski definition) is 0. The van der Waals surface area contributed by atoms with Gasteiger partial charge in [0.05, 0.1) is 0 Å². The first kappa shape index (κ1) is 9.58. The maximum Gasteiger partial charge on any atom is 0.282 e. The summed E-state index contributed by atoms with van der Waals surface area (Å²) in [6.45, 7) is 5.67. The molecule has 0 spiro atoms. The zero-order valence-corrected chi connectivity index (χ0v) is 9.22. The molecule has 1 saturated heterocycles. The van der Waals surface area contributed by atoms with Crippen LogP contribution >= 0.6 is 0 Å². The predicted molar refractivity (Wildman–Crippen MR) is 50.4 cm³/mol. The first-order chi connectivity index (χ1) is 5.29.